The predicted molar refractivity (Wildman–Crippen MR) is 129 cm³/mol. The Morgan fingerprint density at radius 3 is 2.21 bits per heavy atom. The number of hydrogen-bond acceptors (Lipinski definition) is 6. The number of esters is 1. The Hall–Kier alpha value is -3.49. The molecule has 7 nitrogen and oxygen atoms in total. The third-order valence-electron chi connectivity index (χ3n) is 5.69. The van der Waals surface area contributed by atoms with E-state index in [-0.39, 0.29) is 36.3 Å². The summed E-state index contributed by atoms with van der Waals surface area (Å²) in [5.74, 6) is -0.542. The summed E-state index contributed by atoms with van der Waals surface area (Å²) in [6.07, 6.45) is 0. The Bertz CT molecular complexity index is 1230. The Kier molecular flexibility index (Phi) is 7.40. The van der Waals surface area contributed by atoms with Crippen LogP contribution in [0.5, 0.6) is 5.75 Å². The van der Waals surface area contributed by atoms with Crippen molar-refractivity contribution in [2.24, 2.45) is 0 Å². The Balaban J connectivity index is 1.47. The third-order valence-corrected chi connectivity index (χ3v) is 7.30. The normalized spacial score (nSPS) is 16.4. The molecule has 0 radical (unpaired) electrons. The van der Waals surface area contributed by atoms with Gasteiger partial charge >= 0.3 is 5.97 Å². The molecule has 1 fully saturated rings. The first kappa shape index (κ1) is 23.7. The smallest absolute Gasteiger partial charge is 0.333 e. The van der Waals surface area contributed by atoms with Gasteiger partial charge < -0.3 is 10.1 Å². The average molecular weight is 479 g/mol. The number of carbonyl (C=O) groups is 2. The molecule has 1 N–H and O–H groups in total. The molecule has 0 saturated carbocycles. The summed E-state index contributed by atoms with van der Waals surface area (Å²) in [5, 5.41) is 2.86. The molecule has 0 bridgehead atoms. The minimum atomic E-state index is -3.09. The predicted octanol–water partition coefficient (Wildman–Crippen LogP) is 2.99. The summed E-state index contributed by atoms with van der Waals surface area (Å²) in [6.45, 7) is 0.884. The van der Waals surface area contributed by atoms with E-state index in [1.54, 1.807) is 18.2 Å². The van der Waals surface area contributed by atoms with E-state index in [1.165, 1.54) is 6.07 Å². The van der Waals surface area contributed by atoms with Gasteiger partial charge in [-0.15, -0.1) is 0 Å². The molecule has 4 rings (SSSR count). The summed E-state index contributed by atoms with van der Waals surface area (Å²) in [5.41, 5.74) is 2.08. The van der Waals surface area contributed by atoms with Crippen LogP contribution >= 0.6 is 0 Å². The summed E-state index contributed by atoms with van der Waals surface area (Å²) in [7, 11) is -3.09. The van der Waals surface area contributed by atoms with Crippen LogP contribution in [0.2, 0.25) is 0 Å². The van der Waals surface area contributed by atoms with Gasteiger partial charge in [0.15, 0.2) is 9.84 Å². The van der Waals surface area contributed by atoms with Crippen LogP contribution in [0.3, 0.4) is 0 Å². The van der Waals surface area contributed by atoms with Crippen LogP contribution in [0.1, 0.15) is 27.5 Å². The number of carbonyl (C=O) groups excluding carboxylic acids is 2. The number of sulfone groups is 1. The summed E-state index contributed by atoms with van der Waals surface area (Å²) in [4.78, 5) is 27.7. The molecule has 1 unspecified atom stereocenters. The molecular weight excluding hydrogens is 452 g/mol. The van der Waals surface area contributed by atoms with Gasteiger partial charge in [-0.2, -0.15) is 0 Å². The fourth-order valence-electron chi connectivity index (χ4n) is 3.87. The van der Waals surface area contributed by atoms with E-state index < -0.39 is 21.8 Å². The van der Waals surface area contributed by atoms with Crippen LogP contribution in [0.25, 0.3) is 0 Å². The zero-order valence-electron chi connectivity index (χ0n) is 18.6. The van der Waals surface area contributed by atoms with Crippen molar-refractivity contribution in [1.82, 2.24) is 10.2 Å². The van der Waals surface area contributed by atoms with Crippen molar-refractivity contribution < 1.29 is 22.7 Å². The highest BCUT2D eigenvalue weighted by atomic mass is 32.2. The summed E-state index contributed by atoms with van der Waals surface area (Å²) >= 11 is 0. The number of ether oxygens (including phenoxy) is 1. The molecule has 1 heterocycles. The SMILES string of the molecule is O=C(NCc1ccccc1)c1cccc(OC(=O)C(c2ccccc2)N2CCS(=O)(=O)CC2)c1. The lowest BCUT2D eigenvalue weighted by Crippen LogP contribution is -2.45. The molecule has 0 aliphatic carbocycles. The second-order valence-electron chi connectivity index (χ2n) is 8.12. The van der Waals surface area contributed by atoms with Crippen LogP contribution < -0.4 is 10.1 Å². The van der Waals surface area contributed by atoms with Crippen molar-refractivity contribution in [3.05, 3.63) is 102 Å². The molecule has 3 aromatic carbocycles. The molecular formula is C26H26N2O5S. The fraction of sp³-hybridized carbons (Fsp3) is 0.231. The van der Waals surface area contributed by atoms with Crippen molar-refractivity contribution in [3.63, 3.8) is 0 Å². The first-order valence-corrected chi connectivity index (χ1v) is 12.9. The summed E-state index contributed by atoms with van der Waals surface area (Å²) < 4.78 is 29.4. The minimum Gasteiger partial charge on any atom is -0.425 e. The lowest BCUT2D eigenvalue weighted by Gasteiger charge is -2.33. The maximum Gasteiger partial charge on any atom is 0.333 e. The molecule has 1 amide bonds. The standard InChI is InChI=1S/C26H26N2O5S/c29-25(27-19-20-8-3-1-4-9-20)22-12-7-13-23(18-22)33-26(30)24(21-10-5-2-6-11-21)28-14-16-34(31,32)17-15-28/h1-13,18,24H,14-17,19H2,(H,27,29). The molecule has 0 aromatic heterocycles. The van der Waals surface area contributed by atoms with Crippen molar-refractivity contribution >= 4 is 21.7 Å². The van der Waals surface area contributed by atoms with Gasteiger partial charge in [0.1, 0.15) is 11.8 Å². The Labute approximate surface area is 199 Å². The first-order valence-electron chi connectivity index (χ1n) is 11.0. The monoisotopic (exact) mass is 478 g/mol. The Morgan fingerprint density at radius 2 is 1.53 bits per heavy atom. The zero-order chi connectivity index (χ0) is 24.0. The third kappa shape index (κ3) is 6.09. The number of benzene rings is 3. The average Bonchev–Trinajstić information content (AvgIpc) is 2.85. The van der Waals surface area contributed by atoms with Crippen molar-refractivity contribution in [1.29, 1.82) is 0 Å². The van der Waals surface area contributed by atoms with Gasteiger partial charge in [-0.05, 0) is 29.3 Å². The van der Waals surface area contributed by atoms with Crippen LogP contribution in [0.15, 0.2) is 84.9 Å². The number of rotatable bonds is 7. The number of nitrogens with zero attached hydrogens (tertiary/aromatic N) is 1. The maximum absolute atomic E-state index is 13.3. The van der Waals surface area contributed by atoms with Crippen LogP contribution in [0, 0.1) is 0 Å². The van der Waals surface area contributed by atoms with Gasteiger partial charge in [0.25, 0.3) is 5.91 Å². The number of amides is 1. The number of nitrogens with one attached hydrogen (secondary N) is 1. The van der Waals surface area contributed by atoms with Crippen molar-refractivity contribution in [2.75, 3.05) is 24.6 Å². The molecule has 0 spiro atoms. The lowest BCUT2D eigenvalue weighted by molar-refractivity contribution is -0.140. The number of hydrogen-bond donors (Lipinski definition) is 1. The van der Waals surface area contributed by atoms with Crippen LogP contribution in [0.4, 0.5) is 0 Å². The molecule has 176 valence electrons. The van der Waals surface area contributed by atoms with Crippen LogP contribution in [-0.2, 0) is 21.2 Å². The second-order valence-corrected chi connectivity index (χ2v) is 10.4. The largest absolute Gasteiger partial charge is 0.425 e. The molecule has 1 aliphatic rings. The van der Waals surface area contributed by atoms with Gasteiger partial charge in [0.2, 0.25) is 0 Å². The van der Waals surface area contributed by atoms with Gasteiger partial charge in [0, 0.05) is 25.2 Å². The molecule has 34 heavy (non-hydrogen) atoms. The van der Waals surface area contributed by atoms with Gasteiger partial charge in [-0.1, -0.05) is 66.7 Å². The topological polar surface area (TPSA) is 92.8 Å². The van der Waals surface area contributed by atoms with Crippen LogP contribution in [-0.4, -0.2) is 49.8 Å². The van der Waals surface area contributed by atoms with Gasteiger partial charge in [-0.3, -0.25) is 9.69 Å². The Morgan fingerprint density at radius 1 is 0.882 bits per heavy atom. The first-order chi connectivity index (χ1) is 16.4. The zero-order valence-corrected chi connectivity index (χ0v) is 19.4. The van der Waals surface area contributed by atoms with E-state index in [0.717, 1.165) is 11.1 Å². The highest BCUT2D eigenvalue weighted by molar-refractivity contribution is 7.91. The molecule has 1 aliphatic heterocycles. The molecule has 8 heteroatoms. The maximum atomic E-state index is 13.3. The molecule has 1 saturated heterocycles. The van der Waals surface area contributed by atoms with E-state index in [2.05, 4.69) is 5.32 Å². The van der Waals surface area contributed by atoms with E-state index in [9.17, 15) is 18.0 Å². The highest BCUT2D eigenvalue weighted by Gasteiger charge is 2.33. The van der Waals surface area contributed by atoms with Gasteiger partial charge in [0.05, 0.1) is 11.5 Å². The lowest BCUT2D eigenvalue weighted by atomic mass is 10.1. The second kappa shape index (κ2) is 10.6. The quantitative estimate of drug-likeness (QED) is 0.415. The van der Waals surface area contributed by atoms with E-state index in [1.807, 2.05) is 65.6 Å². The van der Waals surface area contributed by atoms with Crippen molar-refractivity contribution in [3.8, 4) is 5.75 Å². The molecule has 1 atom stereocenters. The minimum absolute atomic E-state index is 0.000679. The fourth-order valence-corrected chi connectivity index (χ4v) is 5.10. The van der Waals surface area contributed by atoms with Gasteiger partial charge in [-0.25, -0.2) is 13.2 Å². The van der Waals surface area contributed by atoms with E-state index in [0.29, 0.717) is 12.1 Å². The highest BCUT2D eigenvalue weighted by Crippen LogP contribution is 2.26. The van der Waals surface area contributed by atoms with E-state index >= 15 is 0 Å². The molecule has 3 aromatic rings. The van der Waals surface area contributed by atoms with Crippen molar-refractivity contribution in [2.45, 2.75) is 12.6 Å². The summed E-state index contributed by atoms with van der Waals surface area (Å²) in [6, 6.07) is 24.4. The van der Waals surface area contributed by atoms with E-state index in [4.69, 9.17) is 4.74 Å².